The van der Waals surface area contributed by atoms with Crippen LogP contribution in [0.5, 0.6) is 0 Å². The normalized spacial score (nSPS) is 13.0. The first-order chi connectivity index (χ1) is 6.23. The minimum atomic E-state index is -0.340. The maximum Gasteiger partial charge on any atom is 0.0355 e. The van der Waals surface area contributed by atoms with Gasteiger partial charge in [0.1, 0.15) is 0 Å². The third-order valence-electron chi connectivity index (χ3n) is 2.32. The molecular formula is C12H20N2. The van der Waals surface area contributed by atoms with Gasteiger partial charge in [-0.1, -0.05) is 24.3 Å². The van der Waals surface area contributed by atoms with E-state index in [-0.39, 0.29) is 11.1 Å². The fraction of sp³-hybridized carbons (Fsp3) is 0.500. The Bertz CT molecular complexity index is 283. The minimum absolute atomic E-state index is 0.340. The summed E-state index contributed by atoms with van der Waals surface area (Å²) in [6.07, 6.45) is 0. The van der Waals surface area contributed by atoms with E-state index in [0.29, 0.717) is 0 Å². The molecule has 0 aliphatic rings. The van der Waals surface area contributed by atoms with Crippen LogP contribution < -0.4 is 11.5 Å². The maximum absolute atomic E-state index is 6.10. The molecule has 0 radical (unpaired) electrons. The van der Waals surface area contributed by atoms with Gasteiger partial charge in [0.2, 0.25) is 0 Å². The predicted octanol–water partition coefficient (Wildman–Crippen LogP) is 2.07. The molecule has 0 heterocycles. The molecular weight excluding hydrogens is 172 g/mol. The van der Waals surface area contributed by atoms with Gasteiger partial charge in [0.25, 0.3) is 0 Å². The summed E-state index contributed by atoms with van der Waals surface area (Å²) in [6.45, 7) is 7.99. The molecule has 1 aromatic carbocycles. The van der Waals surface area contributed by atoms with Crippen LogP contribution in [-0.2, 0) is 11.1 Å². The quantitative estimate of drug-likeness (QED) is 0.753. The highest BCUT2D eigenvalue weighted by Crippen LogP contribution is 2.27. The molecule has 0 atom stereocenters. The molecule has 1 rings (SSSR count). The van der Waals surface area contributed by atoms with Crippen LogP contribution in [-0.4, -0.2) is 0 Å². The van der Waals surface area contributed by atoms with Crippen molar-refractivity contribution in [3.05, 3.63) is 35.4 Å². The number of hydrogen-bond donors (Lipinski definition) is 2. The molecule has 0 unspecified atom stereocenters. The Balaban J connectivity index is 3.31. The Morgan fingerprint density at radius 1 is 0.786 bits per heavy atom. The highest BCUT2D eigenvalue weighted by Gasteiger charge is 2.24. The summed E-state index contributed by atoms with van der Waals surface area (Å²) >= 11 is 0. The molecule has 1 aromatic rings. The lowest BCUT2D eigenvalue weighted by atomic mass is 9.83. The number of rotatable bonds is 2. The van der Waals surface area contributed by atoms with Crippen molar-refractivity contribution in [3.63, 3.8) is 0 Å². The van der Waals surface area contributed by atoms with Crippen LogP contribution in [0.1, 0.15) is 38.8 Å². The van der Waals surface area contributed by atoms with Gasteiger partial charge in [-0.2, -0.15) is 0 Å². The molecule has 0 aromatic heterocycles. The van der Waals surface area contributed by atoms with Crippen LogP contribution in [0, 0.1) is 0 Å². The molecule has 0 bridgehead atoms. The Morgan fingerprint density at radius 2 is 1.07 bits per heavy atom. The minimum Gasteiger partial charge on any atom is -0.322 e. The lowest BCUT2D eigenvalue weighted by molar-refractivity contribution is 0.497. The van der Waals surface area contributed by atoms with E-state index in [4.69, 9.17) is 11.5 Å². The monoisotopic (exact) mass is 192 g/mol. The van der Waals surface area contributed by atoms with E-state index in [0.717, 1.165) is 11.1 Å². The van der Waals surface area contributed by atoms with E-state index in [1.807, 2.05) is 52.0 Å². The van der Waals surface area contributed by atoms with Crippen molar-refractivity contribution in [3.8, 4) is 0 Å². The Kier molecular flexibility index (Phi) is 2.70. The Labute approximate surface area is 86.3 Å². The third kappa shape index (κ3) is 2.34. The van der Waals surface area contributed by atoms with Crippen LogP contribution in [0.25, 0.3) is 0 Å². The van der Waals surface area contributed by atoms with Crippen LogP contribution in [0.15, 0.2) is 24.3 Å². The molecule has 0 aliphatic heterocycles. The second-order valence-corrected chi connectivity index (χ2v) is 4.99. The number of hydrogen-bond acceptors (Lipinski definition) is 2. The molecule has 0 spiro atoms. The lowest BCUT2D eigenvalue weighted by Gasteiger charge is -2.29. The first-order valence-corrected chi connectivity index (χ1v) is 4.90. The van der Waals surface area contributed by atoms with E-state index in [2.05, 4.69) is 0 Å². The summed E-state index contributed by atoms with van der Waals surface area (Å²) in [5.41, 5.74) is 13.8. The number of benzene rings is 1. The van der Waals surface area contributed by atoms with Crippen LogP contribution in [0.3, 0.4) is 0 Å². The summed E-state index contributed by atoms with van der Waals surface area (Å²) < 4.78 is 0. The molecule has 0 saturated carbocycles. The first kappa shape index (κ1) is 11.2. The SMILES string of the molecule is CC(C)(N)c1ccccc1C(C)(C)N. The second-order valence-electron chi connectivity index (χ2n) is 4.99. The highest BCUT2D eigenvalue weighted by molar-refractivity contribution is 5.36. The topological polar surface area (TPSA) is 52.0 Å². The fourth-order valence-electron chi connectivity index (χ4n) is 1.61. The summed E-state index contributed by atoms with van der Waals surface area (Å²) in [5, 5.41) is 0. The van der Waals surface area contributed by atoms with Gasteiger partial charge >= 0.3 is 0 Å². The van der Waals surface area contributed by atoms with Gasteiger partial charge in [0, 0.05) is 11.1 Å². The lowest BCUT2D eigenvalue weighted by Crippen LogP contribution is -2.36. The third-order valence-corrected chi connectivity index (χ3v) is 2.32. The van der Waals surface area contributed by atoms with Crippen molar-refractivity contribution in [2.75, 3.05) is 0 Å². The van der Waals surface area contributed by atoms with Gasteiger partial charge in [0.15, 0.2) is 0 Å². The standard InChI is InChI=1S/C12H20N2/c1-11(2,13)9-7-5-6-8-10(9)12(3,4)14/h5-8H,13-14H2,1-4H3. The maximum atomic E-state index is 6.10. The van der Waals surface area contributed by atoms with E-state index >= 15 is 0 Å². The van der Waals surface area contributed by atoms with Gasteiger partial charge in [-0.05, 0) is 38.8 Å². The zero-order chi connectivity index (χ0) is 11.0. The Hall–Kier alpha value is -0.860. The molecule has 0 saturated heterocycles. The molecule has 4 N–H and O–H groups in total. The Morgan fingerprint density at radius 3 is 1.29 bits per heavy atom. The largest absolute Gasteiger partial charge is 0.322 e. The van der Waals surface area contributed by atoms with Gasteiger partial charge in [-0.3, -0.25) is 0 Å². The van der Waals surface area contributed by atoms with Crippen molar-refractivity contribution in [2.45, 2.75) is 38.8 Å². The molecule has 78 valence electrons. The molecule has 2 nitrogen and oxygen atoms in total. The summed E-state index contributed by atoms with van der Waals surface area (Å²) in [7, 11) is 0. The summed E-state index contributed by atoms with van der Waals surface area (Å²) in [4.78, 5) is 0. The van der Waals surface area contributed by atoms with E-state index in [9.17, 15) is 0 Å². The van der Waals surface area contributed by atoms with Crippen LogP contribution in [0.4, 0.5) is 0 Å². The fourth-order valence-corrected chi connectivity index (χ4v) is 1.61. The van der Waals surface area contributed by atoms with Crippen molar-refractivity contribution in [1.29, 1.82) is 0 Å². The molecule has 0 fully saturated rings. The molecule has 0 aliphatic carbocycles. The summed E-state index contributed by atoms with van der Waals surface area (Å²) in [6, 6.07) is 8.09. The van der Waals surface area contributed by atoms with Crippen LogP contribution in [0.2, 0.25) is 0 Å². The summed E-state index contributed by atoms with van der Waals surface area (Å²) in [5.74, 6) is 0. The second kappa shape index (κ2) is 3.37. The molecule has 14 heavy (non-hydrogen) atoms. The number of nitrogens with two attached hydrogens (primary N) is 2. The zero-order valence-electron chi connectivity index (χ0n) is 9.46. The van der Waals surface area contributed by atoms with Gasteiger partial charge < -0.3 is 11.5 Å². The highest BCUT2D eigenvalue weighted by atomic mass is 14.7. The van der Waals surface area contributed by atoms with E-state index in [1.54, 1.807) is 0 Å². The van der Waals surface area contributed by atoms with Gasteiger partial charge in [-0.25, -0.2) is 0 Å². The smallest absolute Gasteiger partial charge is 0.0355 e. The van der Waals surface area contributed by atoms with Crippen LogP contribution >= 0.6 is 0 Å². The predicted molar refractivity (Wildman–Crippen MR) is 60.9 cm³/mol. The van der Waals surface area contributed by atoms with E-state index in [1.165, 1.54) is 0 Å². The van der Waals surface area contributed by atoms with E-state index < -0.39 is 0 Å². The molecule has 0 amide bonds. The van der Waals surface area contributed by atoms with Crippen molar-refractivity contribution in [2.24, 2.45) is 11.5 Å². The molecule has 2 heteroatoms. The van der Waals surface area contributed by atoms with Gasteiger partial charge in [0.05, 0.1) is 0 Å². The van der Waals surface area contributed by atoms with Crippen molar-refractivity contribution >= 4 is 0 Å². The zero-order valence-corrected chi connectivity index (χ0v) is 9.46. The average molecular weight is 192 g/mol. The van der Waals surface area contributed by atoms with Crippen molar-refractivity contribution < 1.29 is 0 Å². The first-order valence-electron chi connectivity index (χ1n) is 4.90. The average Bonchev–Trinajstić information content (AvgIpc) is 2.01. The van der Waals surface area contributed by atoms with Gasteiger partial charge in [-0.15, -0.1) is 0 Å². The van der Waals surface area contributed by atoms with Crippen molar-refractivity contribution in [1.82, 2.24) is 0 Å².